The molecule has 0 saturated carbocycles. The average molecular weight is 424 g/mol. The van der Waals surface area contributed by atoms with Crippen molar-refractivity contribution in [1.29, 1.82) is 0 Å². The standard InChI is InChI=1S/C27H41N3O/c1-6-22(31)12-10-8-9-11-13-27-28-17-25(29-27)21-14-15-23-20(5)30(18-19(3)4)26(7-2)24(23)16-21/h14-17,19-20,26H,6-13,18H2,1-5H3,(H,28,29). The third-order valence-electron chi connectivity index (χ3n) is 6.71. The van der Waals surface area contributed by atoms with Crippen LogP contribution >= 0.6 is 0 Å². The second kappa shape index (κ2) is 11.1. The lowest BCUT2D eigenvalue weighted by atomic mass is 9.97. The summed E-state index contributed by atoms with van der Waals surface area (Å²) in [6.45, 7) is 12.4. The molecule has 1 aromatic carbocycles. The van der Waals surface area contributed by atoms with Gasteiger partial charge in [-0.3, -0.25) is 9.69 Å². The van der Waals surface area contributed by atoms with E-state index in [1.54, 1.807) is 0 Å². The molecule has 1 aliphatic rings. The van der Waals surface area contributed by atoms with Gasteiger partial charge < -0.3 is 4.98 Å². The second-order valence-electron chi connectivity index (χ2n) is 9.58. The Kier molecular flexibility index (Phi) is 8.48. The summed E-state index contributed by atoms with van der Waals surface area (Å²) in [7, 11) is 0. The van der Waals surface area contributed by atoms with Crippen LogP contribution < -0.4 is 0 Å². The van der Waals surface area contributed by atoms with E-state index in [2.05, 4.69) is 60.8 Å². The van der Waals surface area contributed by atoms with Crippen molar-refractivity contribution in [3.05, 3.63) is 41.3 Å². The number of fused-ring (bicyclic) bond motifs is 1. The van der Waals surface area contributed by atoms with Crippen LogP contribution in [0, 0.1) is 5.92 Å². The maximum Gasteiger partial charge on any atom is 0.132 e. The van der Waals surface area contributed by atoms with Crippen molar-refractivity contribution in [2.45, 2.75) is 98.1 Å². The molecule has 4 nitrogen and oxygen atoms in total. The molecule has 1 aliphatic heterocycles. The molecule has 31 heavy (non-hydrogen) atoms. The predicted octanol–water partition coefficient (Wildman–Crippen LogP) is 7.03. The molecule has 2 heterocycles. The highest BCUT2D eigenvalue weighted by atomic mass is 16.1. The van der Waals surface area contributed by atoms with Crippen LogP contribution in [0.3, 0.4) is 0 Å². The Morgan fingerprint density at radius 2 is 1.90 bits per heavy atom. The Hall–Kier alpha value is -1.94. The van der Waals surface area contributed by atoms with E-state index < -0.39 is 0 Å². The zero-order chi connectivity index (χ0) is 22.4. The first-order chi connectivity index (χ1) is 14.9. The Balaban J connectivity index is 1.60. The van der Waals surface area contributed by atoms with Gasteiger partial charge in [0.25, 0.3) is 0 Å². The normalized spacial score (nSPS) is 18.6. The number of aromatic nitrogens is 2. The van der Waals surface area contributed by atoms with E-state index in [1.165, 1.54) is 16.7 Å². The van der Waals surface area contributed by atoms with E-state index in [-0.39, 0.29) is 0 Å². The maximum absolute atomic E-state index is 11.4. The number of nitrogens with zero attached hydrogens (tertiary/aromatic N) is 2. The van der Waals surface area contributed by atoms with Crippen LogP contribution in [0.5, 0.6) is 0 Å². The number of carbonyl (C=O) groups is 1. The van der Waals surface area contributed by atoms with E-state index in [4.69, 9.17) is 0 Å². The monoisotopic (exact) mass is 423 g/mol. The molecule has 2 atom stereocenters. The molecule has 4 heteroatoms. The van der Waals surface area contributed by atoms with Gasteiger partial charge in [0, 0.05) is 37.9 Å². The Morgan fingerprint density at radius 3 is 2.61 bits per heavy atom. The molecule has 0 bridgehead atoms. The number of hydrogen-bond acceptors (Lipinski definition) is 3. The molecular weight excluding hydrogens is 382 g/mol. The smallest absolute Gasteiger partial charge is 0.132 e. The van der Waals surface area contributed by atoms with Gasteiger partial charge in [0.15, 0.2) is 0 Å². The number of carbonyl (C=O) groups excluding carboxylic acids is 1. The van der Waals surface area contributed by atoms with E-state index in [0.717, 1.165) is 63.0 Å². The van der Waals surface area contributed by atoms with Gasteiger partial charge in [0.1, 0.15) is 11.6 Å². The minimum Gasteiger partial charge on any atom is -0.342 e. The molecule has 0 saturated heterocycles. The van der Waals surface area contributed by atoms with Gasteiger partial charge >= 0.3 is 0 Å². The summed E-state index contributed by atoms with van der Waals surface area (Å²) in [5.41, 5.74) is 5.34. The van der Waals surface area contributed by atoms with Crippen LogP contribution in [0.2, 0.25) is 0 Å². The van der Waals surface area contributed by atoms with Crippen LogP contribution in [-0.2, 0) is 11.2 Å². The number of aromatic amines is 1. The molecule has 2 aromatic rings. The number of Topliss-reactive ketones (excluding diaryl/α,β-unsaturated/α-hetero) is 1. The summed E-state index contributed by atoms with van der Waals surface area (Å²) in [6.07, 6.45) is 9.96. The van der Waals surface area contributed by atoms with E-state index in [9.17, 15) is 4.79 Å². The van der Waals surface area contributed by atoms with Crippen molar-refractivity contribution < 1.29 is 4.79 Å². The molecule has 0 radical (unpaired) electrons. The Bertz CT molecular complexity index is 854. The van der Waals surface area contributed by atoms with Crippen molar-refractivity contribution in [1.82, 2.24) is 14.9 Å². The van der Waals surface area contributed by atoms with Crippen molar-refractivity contribution in [3.8, 4) is 11.3 Å². The van der Waals surface area contributed by atoms with Gasteiger partial charge in [-0.1, -0.05) is 52.7 Å². The van der Waals surface area contributed by atoms with Crippen LogP contribution in [-0.4, -0.2) is 27.2 Å². The fraction of sp³-hybridized carbons (Fsp3) is 0.630. The van der Waals surface area contributed by atoms with Gasteiger partial charge in [-0.05, 0) is 54.9 Å². The number of aryl methyl sites for hydroxylation is 1. The fourth-order valence-electron chi connectivity index (χ4n) is 4.98. The molecule has 0 aliphatic carbocycles. The molecule has 0 fully saturated rings. The first kappa shape index (κ1) is 23.7. The summed E-state index contributed by atoms with van der Waals surface area (Å²) in [4.78, 5) is 22.2. The number of nitrogens with one attached hydrogen (secondary N) is 1. The third kappa shape index (κ3) is 5.85. The van der Waals surface area contributed by atoms with Crippen LogP contribution in [0.1, 0.15) is 109 Å². The summed E-state index contributed by atoms with van der Waals surface area (Å²) >= 11 is 0. The third-order valence-corrected chi connectivity index (χ3v) is 6.71. The number of unbranched alkanes of at least 4 members (excludes halogenated alkanes) is 3. The van der Waals surface area contributed by atoms with Crippen LogP contribution in [0.4, 0.5) is 0 Å². The number of imidazole rings is 1. The quantitative estimate of drug-likeness (QED) is 0.373. The van der Waals surface area contributed by atoms with Gasteiger partial charge in [-0.25, -0.2) is 4.98 Å². The van der Waals surface area contributed by atoms with E-state index in [1.807, 2.05) is 13.1 Å². The predicted molar refractivity (Wildman–Crippen MR) is 129 cm³/mol. The zero-order valence-electron chi connectivity index (χ0n) is 20.2. The first-order valence-corrected chi connectivity index (χ1v) is 12.4. The first-order valence-electron chi connectivity index (χ1n) is 12.4. The maximum atomic E-state index is 11.4. The topological polar surface area (TPSA) is 49.0 Å². The molecule has 0 amide bonds. The number of H-pyrrole nitrogens is 1. The number of ketones is 1. The highest BCUT2D eigenvalue weighted by Gasteiger charge is 2.35. The summed E-state index contributed by atoms with van der Waals surface area (Å²) in [6, 6.07) is 7.97. The second-order valence-corrected chi connectivity index (χ2v) is 9.58. The number of benzene rings is 1. The van der Waals surface area contributed by atoms with Crippen molar-refractivity contribution in [2.24, 2.45) is 5.92 Å². The van der Waals surface area contributed by atoms with Gasteiger partial charge in [0.2, 0.25) is 0 Å². The highest BCUT2D eigenvalue weighted by molar-refractivity contribution is 5.77. The summed E-state index contributed by atoms with van der Waals surface area (Å²) in [5, 5.41) is 0. The van der Waals surface area contributed by atoms with Crippen molar-refractivity contribution in [2.75, 3.05) is 6.54 Å². The van der Waals surface area contributed by atoms with Gasteiger partial charge in [0.05, 0.1) is 11.9 Å². The lowest BCUT2D eigenvalue weighted by Gasteiger charge is -2.29. The van der Waals surface area contributed by atoms with Gasteiger partial charge in [-0.15, -0.1) is 0 Å². The molecule has 170 valence electrons. The molecule has 1 aromatic heterocycles. The number of hydrogen-bond donors (Lipinski definition) is 1. The van der Waals surface area contributed by atoms with Crippen molar-refractivity contribution in [3.63, 3.8) is 0 Å². The van der Waals surface area contributed by atoms with Gasteiger partial charge in [-0.2, -0.15) is 0 Å². The summed E-state index contributed by atoms with van der Waals surface area (Å²) in [5.74, 6) is 2.13. The highest BCUT2D eigenvalue weighted by Crippen LogP contribution is 2.45. The minimum absolute atomic E-state index is 0.386. The Morgan fingerprint density at radius 1 is 1.13 bits per heavy atom. The largest absolute Gasteiger partial charge is 0.342 e. The minimum atomic E-state index is 0.386. The SMILES string of the molecule is CCC(=O)CCCCCCc1ncc(-c2ccc3c(c2)C(CC)N(CC(C)C)C3C)[nH]1. The van der Waals surface area contributed by atoms with Crippen LogP contribution in [0.25, 0.3) is 11.3 Å². The number of rotatable bonds is 12. The van der Waals surface area contributed by atoms with E-state index in [0.29, 0.717) is 30.2 Å². The molecular formula is C27H41N3O. The summed E-state index contributed by atoms with van der Waals surface area (Å²) < 4.78 is 0. The fourth-order valence-corrected chi connectivity index (χ4v) is 4.98. The lowest BCUT2D eigenvalue weighted by molar-refractivity contribution is -0.118. The molecule has 0 spiro atoms. The lowest BCUT2D eigenvalue weighted by Crippen LogP contribution is -2.28. The zero-order valence-corrected chi connectivity index (χ0v) is 20.2. The van der Waals surface area contributed by atoms with E-state index >= 15 is 0 Å². The van der Waals surface area contributed by atoms with Crippen molar-refractivity contribution >= 4 is 5.78 Å². The van der Waals surface area contributed by atoms with Crippen LogP contribution in [0.15, 0.2) is 24.4 Å². The molecule has 1 N–H and O–H groups in total. The molecule has 2 unspecified atom stereocenters. The average Bonchev–Trinajstić information content (AvgIpc) is 3.33. The molecule has 3 rings (SSSR count). The Labute approximate surface area is 188 Å².